The highest BCUT2D eigenvalue weighted by molar-refractivity contribution is 6.75. The molecule has 6 nitrogen and oxygen atoms in total. The Labute approximate surface area is 214 Å². The summed E-state index contributed by atoms with van der Waals surface area (Å²) >= 11 is 0. The lowest BCUT2D eigenvalue weighted by atomic mass is 10.1. The minimum absolute atomic E-state index is 0.0153. The second-order valence-corrected chi connectivity index (χ2v) is 21.6. The van der Waals surface area contributed by atoms with Gasteiger partial charge in [0.1, 0.15) is 24.7 Å². The van der Waals surface area contributed by atoms with E-state index in [-0.39, 0.29) is 35.7 Å². The third kappa shape index (κ3) is 9.48. The van der Waals surface area contributed by atoms with E-state index in [0.717, 1.165) is 17.1 Å². The first-order valence-electron chi connectivity index (χ1n) is 12.3. The van der Waals surface area contributed by atoms with Gasteiger partial charge in [0.15, 0.2) is 0 Å². The van der Waals surface area contributed by atoms with Gasteiger partial charge in [-0.3, -0.25) is 4.79 Å². The van der Waals surface area contributed by atoms with Crippen LogP contribution >= 0.6 is 0 Å². The Kier molecular flexibility index (Phi) is 10.4. The van der Waals surface area contributed by atoms with E-state index in [9.17, 15) is 9.59 Å². The zero-order valence-corrected chi connectivity index (χ0v) is 25.7. The zero-order valence-electron chi connectivity index (χ0n) is 23.7. The van der Waals surface area contributed by atoms with Crippen molar-refractivity contribution in [2.75, 3.05) is 13.2 Å². The molecule has 0 heterocycles. The Bertz CT molecular complexity index is 907. The van der Waals surface area contributed by atoms with Crippen LogP contribution in [0.2, 0.25) is 36.3 Å². The van der Waals surface area contributed by atoms with Crippen LogP contribution in [0.5, 0.6) is 11.5 Å². The fraction of sp³-hybridized carbons (Fsp3) is 0.630. The van der Waals surface area contributed by atoms with Crippen molar-refractivity contribution in [1.82, 2.24) is 0 Å². The van der Waals surface area contributed by atoms with E-state index in [1.165, 1.54) is 0 Å². The Hall–Kier alpha value is -2.07. The number of hydrogen-bond donors (Lipinski definition) is 0. The molecule has 0 spiro atoms. The smallest absolute Gasteiger partial charge is 0.333 e. The first kappa shape index (κ1) is 31.0. The average molecular weight is 523 g/mol. The predicted molar refractivity (Wildman–Crippen MR) is 147 cm³/mol. The second-order valence-electron chi connectivity index (χ2n) is 12.1. The lowest BCUT2D eigenvalue weighted by molar-refractivity contribution is -0.150. The van der Waals surface area contributed by atoms with E-state index in [2.05, 4.69) is 74.3 Å². The lowest BCUT2D eigenvalue weighted by Gasteiger charge is -2.39. The van der Waals surface area contributed by atoms with Crippen LogP contribution in [0.1, 0.15) is 60.5 Å². The zero-order chi connectivity index (χ0) is 27.2. The molecule has 0 unspecified atom stereocenters. The molecular formula is C27H46O6Si2. The Morgan fingerprint density at radius 1 is 0.829 bits per heavy atom. The van der Waals surface area contributed by atoms with E-state index in [1.54, 1.807) is 6.92 Å². The minimum atomic E-state index is -2.11. The summed E-state index contributed by atoms with van der Waals surface area (Å²) in [4.78, 5) is 23.6. The van der Waals surface area contributed by atoms with Gasteiger partial charge in [0.25, 0.3) is 16.6 Å². The van der Waals surface area contributed by atoms with Gasteiger partial charge in [0.2, 0.25) is 0 Å². The fourth-order valence-corrected chi connectivity index (χ4v) is 4.50. The van der Waals surface area contributed by atoms with Gasteiger partial charge in [-0.25, -0.2) is 4.79 Å². The molecule has 1 aromatic carbocycles. The van der Waals surface area contributed by atoms with Gasteiger partial charge < -0.3 is 18.3 Å². The van der Waals surface area contributed by atoms with Gasteiger partial charge in [0, 0.05) is 12.0 Å². The number of hydrogen-bond acceptors (Lipinski definition) is 6. The molecule has 198 valence electrons. The van der Waals surface area contributed by atoms with E-state index in [0.29, 0.717) is 12.0 Å². The van der Waals surface area contributed by atoms with Crippen molar-refractivity contribution >= 4 is 28.6 Å². The summed E-state index contributed by atoms with van der Waals surface area (Å²) < 4.78 is 23.5. The number of benzene rings is 1. The molecule has 0 aliphatic heterocycles. The van der Waals surface area contributed by atoms with Crippen molar-refractivity contribution in [2.24, 2.45) is 0 Å². The Morgan fingerprint density at radius 2 is 1.31 bits per heavy atom. The molecule has 0 amide bonds. The number of aryl methyl sites for hydroxylation is 1. The molecule has 0 atom stereocenters. The summed E-state index contributed by atoms with van der Waals surface area (Å²) in [5, 5.41) is 0.0943. The molecule has 0 aliphatic rings. The molecule has 1 aromatic rings. The Balaban J connectivity index is 2.97. The maximum absolute atomic E-state index is 12.2. The van der Waals surface area contributed by atoms with E-state index in [4.69, 9.17) is 18.3 Å². The summed E-state index contributed by atoms with van der Waals surface area (Å²) in [7, 11) is -4.18. The Morgan fingerprint density at radius 3 is 1.80 bits per heavy atom. The van der Waals surface area contributed by atoms with Crippen molar-refractivity contribution in [2.45, 2.75) is 97.6 Å². The molecule has 0 aliphatic carbocycles. The summed E-state index contributed by atoms with van der Waals surface area (Å²) in [5.41, 5.74) is 1.29. The highest BCUT2D eigenvalue weighted by Crippen LogP contribution is 2.43. The average Bonchev–Trinajstić information content (AvgIpc) is 2.69. The van der Waals surface area contributed by atoms with Crippen molar-refractivity contribution < 1.29 is 27.9 Å². The van der Waals surface area contributed by atoms with Crippen molar-refractivity contribution in [3.8, 4) is 11.5 Å². The van der Waals surface area contributed by atoms with Crippen LogP contribution in [0.3, 0.4) is 0 Å². The molecule has 0 aromatic heterocycles. The normalized spacial score (nSPS) is 12.7. The van der Waals surface area contributed by atoms with Crippen molar-refractivity contribution in [3.63, 3.8) is 0 Å². The van der Waals surface area contributed by atoms with Gasteiger partial charge in [-0.1, -0.05) is 54.2 Å². The largest absolute Gasteiger partial charge is 0.541 e. The van der Waals surface area contributed by atoms with Gasteiger partial charge in [-0.05, 0) is 67.3 Å². The van der Waals surface area contributed by atoms with Crippen LogP contribution in [-0.4, -0.2) is 41.8 Å². The molecule has 1 rings (SSSR count). The molecular weight excluding hydrogens is 476 g/mol. The van der Waals surface area contributed by atoms with Crippen LogP contribution in [0.25, 0.3) is 0 Å². The topological polar surface area (TPSA) is 71.1 Å². The molecule has 0 fully saturated rings. The standard InChI is InChI=1S/C27H46O6Si2/c1-20(2)25(29)31-18-17-30-24(28)16-14-21-13-15-22(32-34(9,10)26(3,4)5)23(19-21)33-35(11,12)27(6,7)8/h13,15,19H,1,14,16-18H2,2-12H3. The number of carbonyl (C=O) groups is 2. The third-order valence-corrected chi connectivity index (χ3v) is 15.6. The van der Waals surface area contributed by atoms with Gasteiger partial charge in [-0.2, -0.15) is 0 Å². The highest BCUT2D eigenvalue weighted by Gasteiger charge is 2.42. The number of ether oxygens (including phenoxy) is 2. The molecule has 0 bridgehead atoms. The fourth-order valence-electron chi connectivity index (χ4n) is 2.46. The SMILES string of the molecule is C=C(C)C(=O)OCCOC(=O)CCc1ccc(O[Si](C)(C)C(C)(C)C)c(O[Si](C)(C)C(C)(C)C)c1. The molecule has 35 heavy (non-hydrogen) atoms. The predicted octanol–water partition coefficient (Wildman–Crippen LogP) is 7.05. The summed E-state index contributed by atoms with van der Waals surface area (Å²) in [6.07, 6.45) is 0.731. The van der Waals surface area contributed by atoms with Crippen molar-refractivity contribution in [1.29, 1.82) is 0 Å². The molecule has 0 N–H and O–H groups in total. The third-order valence-electron chi connectivity index (χ3n) is 6.90. The highest BCUT2D eigenvalue weighted by atomic mass is 28.4. The summed E-state index contributed by atoms with van der Waals surface area (Å²) in [5.74, 6) is 0.686. The number of carbonyl (C=O) groups excluding carboxylic acids is 2. The van der Waals surface area contributed by atoms with Crippen molar-refractivity contribution in [3.05, 3.63) is 35.9 Å². The van der Waals surface area contributed by atoms with Crippen LogP contribution in [0, 0.1) is 0 Å². The molecule has 0 saturated carbocycles. The molecule has 0 radical (unpaired) electrons. The van der Waals surface area contributed by atoms with E-state index >= 15 is 0 Å². The summed E-state index contributed by atoms with van der Waals surface area (Å²) in [6.45, 7) is 27.3. The number of rotatable bonds is 11. The van der Waals surface area contributed by atoms with Gasteiger partial charge >= 0.3 is 11.9 Å². The van der Waals surface area contributed by atoms with Crippen LogP contribution in [-0.2, 0) is 25.5 Å². The second kappa shape index (κ2) is 11.8. The quantitative estimate of drug-likeness (QED) is 0.134. The first-order valence-corrected chi connectivity index (χ1v) is 18.1. The van der Waals surface area contributed by atoms with Gasteiger partial charge in [0.05, 0.1) is 0 Å². The van der Waals surface area contributed by atoms with E-state index in [1.807, 2.05) is 18.2 Å². The molecule has 0 saturated heterocycles. The van der Waals surface area contributed by atoms with Crippen LogP contribution in [0.4, 0.5) is 0 Å². The lowest BCUT2D eigenvalue weighted by Crippen LogP contribution is -2.45. The first-order chi connectivity index (χ1) is 15.8. The van der Waals surface area contributed by atoms with Gasteiger partial charge in [-0.15, -0.1) is 0 Å². The van der Waals surface area contributed by atoms with E-state index < -0.39 is 22.6 Å². The van der Waals surface area contributed by atoms with Crippen LogP contribution < -0.4 is 8.85 Å². The maximum Gasteiger partial charge on any atom is 0.333 e. The maximum atomic E-state index is 12.2. The van der Waals surface area contributed by atoms with Crippen LogP contribution in [0.15, 0.2) is 30.4 Å². The summed E-state index contributed by atoms with van der Waals surface area (Å²) in [6, 6.07) is 5.97. The monoisotopic (exact) mass is 522 g/mol. The minimum Gasteiger partial charge on any atom is -0.541 e. The number of esters is 2. The molecule has 8 heteroatoms.